The van der Waals surface area contributed by atoms with Gasteiger partial charge < -0.3 is 9.84 Å². The van der Waals surface area contributed by atoms with E-state index in [1.807, 2.05) is 20.8 Å². The zero-order valence-electron chi connectivity index (χ0n) is 22.6. The molecule has 0 bridgehead atoms. The summed E-state index contributed by atoms with van der Waals surface area (Å²) in [5.74, 6) is 2.01. The van der Waals surface area contributed by atoms with Crippen molar-refractivity contribution >= 4 is 12.9 Å². The number of hydrogen-bond donors (Lipinski definition) is 1. The molecule has 38 heavy (non-hydrogen) atoms. The van der Waals surface area contributed by atoms with Gasteiger partial charge in [-0.25, -0.2) is 0 Å². The van der Waals surface area contributed by atoms with Crippen LogP contribution < -0.4 is 0 Å². The fraction of sp³-hybridized carbons (Fsp3) is 0.294. The molecule has 0 saturated heterocycles. The van der Waals surface area contributed by atoms with E-state index < -0.39 is 5.41 Å². The van der Waals surface area contributed by atoms with E-state index in [2.05, 4.69) is 110 Å². The number of hydrogen-bond acceptors (Lipinski definition) is 3. The molecule has 1 heterocycles. The van der Waals surface area contributed by atoms with Crippen LogP contribution in [0.15, 0.2) is 103 Å². The van der Waals surface area contributed by atoms with Crippen LogP contribution >= 0.6 is 0 Å². The standard InChI is InChI=1S/C23H17B.C11H20O3/c1-4-10-18(11-5-1)21-16-17-24-23(20-14-8-3-9-15-20)22(21)19-12-6-2-7-13-19;1-11(2,3)10(13)14-9-6-4-8(12)5-7-9/h1-17H;8-9,12H,4-7H2,1-3H3. The van der Waals surface area contributed by atoms with E-state index in [9.17, 15) is 9.90 Å². The minimum absolute atomic E-state index is 0.0186. The van der Waals surface area contributed by atoms with Gasteiger partial charge in [0.05, 0.1) is 11.5 Å². The molecule has 1 aliphatic carbocycles. The molecule has 4 heteroatoms. The molecule has 1 saturated carbocycles. The third kappa shape index (κ3) is 7.29. The van der Waals surface area contributed by atoms with Gasteiger partial charge in [0.15, 0.2) is 0 Å². The quantitative estimate of drug-likeness (QED) is 0.287. The van der Waals surface area contributed by atoms with Crippen LogP contribution in [-0.2, 0) is 9.53 Å². The van der Waals surface area contributed by atoms with E-state index in [1.54, 1.807) is 0 Å². The molecule has 3 nitrogen and oxygen atoms in total. The number of aliphatic hydroxyl groups excluding tert-OH is 1. The SMILES string of the molecule is CC(C)(C)C(=O)OC1CCC(O)CC1.b1ccc(-c2ccccc2)c(-c2ccccc2)c1-c1ccccc1. The van der Waals surface area contributed by atoms with Crippen molar-refractivity contribution in [2.45, 2.75) is 58.7 Å². The topological polar surface area (TPSA) is 46.5 Å². The molecule has 0 atom stereocenters. The molecule has 1 aliphatic rings. The van der Waals surface area contributed by atoms with Crippen LogP contribution in [0.25, 0.3) is 33.3 Å². The van der Waals surface area contributed by atoms with Crippen molar-refractivity contribution in [3.8, 4) is 33.3 Å². The molecule has 0 unspecified atom stereocenters. The number of ether oxygens (including phenoxy) is 1. The van der Waals surface area contributed by atoms with Crippen molar-refractivity contribution in [1.29, 1.82) is 0 Å². The number of carbonyl (C=O) groups is 1. The first kappa shape index (κ1) is 27.5. The number of benzene rings is 3. The second-order valence-electron chi connectivity index (χ2n) is 10.9. The van der Waals surface area contributed by atoms with Crippen LogP contribution in [0.2, 0.25) is 0 Å². The average molecular weight is 504 g/mol. The number of esters is 1. The van der Waals surface area contributed by atoms with Crippen LogP contribution in [0.3, 0.4) is 0 Å². The third-order valence-electron chi connectivity index (χ3n) is 6.83. The predicted molar refractivity (Wildman–Crippen MR) is 158 cm³/mol. The molecule has 0 spiro atoms. The summed E-state index contributed by atoms with van der Waals surface area (Å²) in [7, 11) is 0. The maximum atomic E-state index is 11.5. The molecule has 5 rings (SSSR count). The third-order valence-corrected chi connectivity index (χ3v) is 6.83. The van der Waals surface area contributed by atoms with Gasteiger partial charge in [-0.1, -0.05) is 0 Å². The average Bonchev–Trinajstić information content (AvgIpc) is 2.95. The molecule has 3 aromatic carbocycles. The molecular weight excluding hydrogens is 467 g/mol. The normalized spacial score (nSPS) is 17.1. The van der Waals surface area contributed by atoms with Crippen LogP contribution in [0.5, 0.6) is 0 Å². The van der Waals surface area contributed by atoms with Gasteiger partial charge in [-0.15, -0.1) is 0 Å². The Kier molecular flexibility index (Phi) is 9.31. The van der Waals surface area contributed by atoms with Crippen molar-refractivity contribution in [2.75, 3.05) is 0 Å². The fourth-order valence-electron chi connectivity index (χ4n) is 4.68. The summed E-state index contributed by atoms with van der Waals surface area (Å²) >= 11 is 0. The fourth-order valence-corrected chi connectivity index (χ4v) is 4.68. The van der Waals surface area contributed by atoms with Crippen molar-refractivity contribution < 1.29 is 14.6 Å². The molecule has 194 valence electrons. The second kappa shape index (κ2) is 12.8. The molecular formula is C34H37BO3. The summed E-state index contributed by atoms with van der Waals surface area (Å²) in [6.07, 6.45) is 2.92. The van der Waals surface area contributed by atoms with Gasteiger partial charge in [0, 0.05) is 0 Å². The van der Waals surface area contributed by atoms with Gasteiger partial charge >= 0.3 is 149 Å². The van der Waals surface area contributed by atoms with E-state index in [4.69, 9.17) is 4.74 Å². The zero-order chi connectivity index (χ0) is 27.0. The summed E-state index contributed by atoms with van der Waals surface area (Å²) in [4.78, 5) is 11.5. The van der Waals surface area contributed by atoms with Gasteiger partial charge in [0.2, 0.25) is 0 Å². The van der Waals surface area contributed by atoms with Gasteiger partial charge in [0.25, 0.3) is 0 Å². The second-order valence-corrected chi connectivity index (χ2v) is 10.9. The Hall–Kier alpha value is -3.50. The van der Waals surface area contributed by atoms with E-state index >= 15 is 0 Å². The monoisotopic (exact) mass is 504 g/mol. The Morgan fingerprint density at radius 1 is 0.737 bits per heavy atom. The maximum absolute atomic E-state index is 11.5. The van der Waals surface area contributed by atoms with Crippen LogP contribution in [-0.4, -0.2) is 30.2 Å². The first-order valence-electron chi connectivity index (χ1n) is 13.5. The van der Waals surface area contributed by atoms with Crippen LogP contribution in [0.4, 0.5) is 0 Å². The predicted octanol–water partition coefficient (Wildman–Crippen LogP) is 7.90. The summed E-state index contributed by atoms with van der Waals surface area (Å²) in [6, 6.07) is 34.1. The Balaban J connectivity index is 0.000000206. The molecule has 4 aromatic rings. The summed E-state index contributed by atoms with van der Waals surface area (Å²) in [6.45, 7) is 7.77. The van der Waals surface area contributed by atoms with Gasteiger partial charge in [-0.2, -0.15) is 0 Å². The van der Waals surface area contributed by atoms with Gasteiger partial charge in [-0.05, 0) is 46.5 Å². The molecule has 0 amide bonds. The zero-order valence-corrected chi connectivity index (χ0v) is 22.6. The van der Waals surface area contributed by atoms with Crippen LogP contribution in [0.1, 0.15) is 46.5 Å². The van der Waals surface area contributed by atoms with E-state index in [-0.39, 0.29) is 18.2 Å². The molecule has 0 radical (unpaired) electrons. The molecule has 0 aliphatic heterocycles. The van der Waals surface area contributed by atoms with E-state index in [1.165, 1.54) is 33.3 Å². The molecule has 1 N–H and O–H groups in total. The molecule has 1 fully saturated rings. The number of rotatable bonds is 4. The first-order chi connectivity index (χ1) is 18.3. The Morgan fingerprint density at radius 3 is 1.76 bits per heavy atom. The summed E-state index contributed by atoms with van der Waals surface area (Å²) in [5, 5.41) is 9.28. The van der Waals surface area contributed by atoms with Crippen molar-refractivity contribution in [3.05, 3.63) is 103 Å². The van der Waals surface area contributed by atoms with Crippen molar-refractivity contribution in [1.82, 2.24) is 0 Å². The molecule has 1 aromatic heterocycles. The van der Waals surface area contributed by atoms with Crippen molar-refractivity contribution in [3.63, 3.8) is 0 Å². The number of carbonyl (C=O) groups excluding carboxylic acids is 1. The van der Waals surface area contributed by atoms with E-state index in [0.717, 1.165) is 25.7 Å². The summed E-state index contributed by atoms with van der Waals surface area (Å²) < 4.78 is 5.35. The Labute approximate surface area is 227 Å². The minimum atomic E-state index is -0.421. The Bertz CT molecular complexity index is 1230. The van der Waals surface area contributed by atoms with Crippen LogP contribution in [0, 0.1) is 5.41 Å². The first-order valence-corrected chi connectivity index (χ1v) is 13.5. The Morgan fingerprint density at radius 2 is 1.24 bits per heavy atom. The summed E-state index contributed by atoms with van der Waals surface area (Å²) in [5.41, 5.74) is 7.14. The van der Waals surface area contributed by atoms with Crippen molar-refractivity contribution in [2.24, 2.45) is 5.41 Å². The number of aliphatic hydroxyl groups is 1. The van der Waals surface area contributed by atoms with Gasteiger partial charge in [-0.3, -0.25) is 4.79 Å². The van der Waals surface area contributed by atoms with E-state index in [0.29, 0.717) is 0 Å². The van der Waals surface area contributed by atoms with Gasteiger partial charge in [0.1, 0.15) is 6.10 Å².